The average molecular weight is 406 g/mol. The van der Waals surface area contributed by atoms with Gasteiger partial charge >= 0.3 is 0 Å². The van der Waals surface area contributed by atoms with Gasteiger partial charge < -0.3 is 15.4 Å². The summed E-state index contributed by atoms with van der Waals surface area (Å²) in [5, 5.41) is 5.61. The van der Waals surface area contributed by atoms with Crippen molar-refractivity contribution in [3.8, 4) is 5.75 Å². The Hall–Kier alpha value is -3.67. The Morgan fingerprint density at radius 2 is 1.73 bits per heavy atom. The van der Waals surface area contributed by atoms with Crippen LogP contribution in [0.5, 0.6) is 5.75 Å². The van der Waals surface area contributed by atoms with Gasteiger partial charge in [-0.05, 0) is 48.4 Å². The predicted molar refractivity (Wildman–Crippen MR) is 115 cm³/mol. The largest absolute Gasteiger partial charge is 0.495 e. The Morgan fingerprint density at radius 1 is 0.967 bits per heavy atom. The molecule has 6 heteroatoms. The lowest BCUT2D eigenvalue weighted by Crippen LogP contribution is -2.21. The fourth-order valence-electron chi connectivity index (χ4n) is 3.19. The van der Waals surface area contributed by atoms with Crippen molar-refractivity contribution in [3.63, 3.8) is 0 Å². The molecule has 3 aromatic rings. The number of halogens is 1. The van der Waals surface area contributed by atoms with Crippen molar-refractivity contribution in [2.24, 2.45) is 0 Å². The van der Waals surface area contributed by atoms with Crippen molar-refractivity contribution >= 4 is 23.2 Å². The Balaban J connectivity index is 1.80. The van der Waals surface area contributed by atoms with Crippen LogP contribution in [-0.4, -0.2) is 18.9 Å². The molecule has 0 aliphatic heterocycles. The topological polar surface area (TPSA) is 67.4 Å². The van der Waals surface area contributed by atoms with E-state index in [9.17, 15) is 14.0 Å². The van der Waals surface area contributed by atoms with Gasteiger partial charge in [-0.25, -0.2) is 4.39 Å². The molecule has 0 aromatic heterocycles. The van der Waals surface area contributed by atoms with Gasteiger partial charge in [-0.1, -0.05) is 43.3 Å². The summed E-state index contributed by atoms with van der Waals surface area (Å²) in [6, 6.07) is 19.9. The van der Waals surface area contributed by atoms with Crippen molar-refractivity contribution in [1.29, 1.82) is 0 Å². The van der Waals surface area contributed by atoms with Crippen LogP contribution in [0.15, 0.2) is 72.8 Å². The van der Waals surface area contributed by atoms with Crippen LogP contribution in [0.1, 0.15) is 35.2 Å². The molecule has 1 atom stereocenters. The number of rotatable bonds is 7. The van der Waals surface area contributed by atoms with E-state index in [1.54, 1.807) is 18.2 Å². The van der Waals surface area contributed by atoms with Crippen molar-refractivity contribution < 1.29 is 18.7 Å². The molecule has 3 aromatic carbocycles. The first-order valence-electron chi connectivity index (χ1n) is 9.62. The highest BCUT2D eigenvalue weighted by molar-refractivity contribution is 6.05. The van der Waals surface area contributed by atoms with Crippen LogP contribution in [-0.2, 0) is 4.79 Å². The summed E-state index contributed by atoms with van der Waals surface area (Å²) in [7, 11) is 1.48. The van der Waals surface area contributed by atoms with Crippen LogP contribution in [0.2, 0.25) is 0 Å². The summed E-state index contributed by atoms with van der Waals surface area (Å²) in [6.07, 6.45) is 0.648. The maximum Gasteiger partial charge on any atom is 0.255 e. The first-order chi connectivity index (χ1) is 14.5. The number of amides is 2. The smallest absolute Gasteiger partial charge is 0.255 e. The molecule has 0 fully saturated rings. The van der Waals surface area contributed by atoms with E-state index < -0.39 is 11.7 Å². The van der Waals surface area contributed by atoms with Crippen LogP contribution in [0.4, 0.5) is 15.8 Å². The molecular weight excluding hydrogens is 383 g/mol. The first-order valence-corrected chi connectivity index (χ1v) is 9.62. The lowest BCUT2D eigenvalue weighted by molar-refractivity contribution is -0.117. The van der Waals surface area contributed by atoms with Gasteiger partial charge in [0.1, 0.15) is 11.6 Å². The highest BCUT2D eigenvalue weighted by Gasteiger charge is 2.19. The van der Waals surface area contributed by atoms with Crippen LogP contribution in [0.25, 0.3) is 0 Å². The standard InChI is InChI=1S/C24H23FN2O3/c1-3-20(16-8-5-4-6-9-16)24(29)26-19-12-13-22(30-2)21(15-19)27-23(28)17-10-7-11-18(25)14-17/h4-15,20H,3H2,1-2H3,(H,26,29)(H,27,28)/t20-/m0/s1. The zero-order chi connectivity index (χ0) is 21.5. The third-order valence-corrected chi connectivity index (χ3v) is 4.73. The number of carbonyl (C=O) groups excluding carboxylic acids is 2. The first kappa shape index (κ1) is 21.0. The van der Waals surface area contributed by atoms with E-state index >= 15 is 0 Å². The number of hydrogen-bond acceptors (Lipinski definition) is 3. The molecule has 0 aliphatic carbocycles. The van der Waals surface area contributed by atoms with Crippen molar-refractivity contribution in [2.45, 2.75) is 19.3 Å². The summed E-state index contributed by atoms with van der Waals surface area (Å²) in [4.78, 5) is 25.3. The minimum absolute atomic E-state index is 0.142. The molecule has 0 radical (unpaired) electrons. The SMILES string of the molecule is CC[C@H](C(=O)Nc1ccc(OC)c(NC(=O)c2cccc(F)c2)c1)c1ccccc1. The van der Waals surface area contributed by atoms with Gasteiger partial charge in [0, 0.05) is 11.3 Å². The number of methoxy groups -OCH3 is 1. The van der Waals surface area contributed by atoms with E-state index in [0.717, 1.165) is 11.6 Å². The summed E-state index contributed by atoms with van der Waals surface area (Å²) >= 11 is 0. The van der Waals surface area contributed by atoms with E-state index in [1.807, 2.05) is 37.3 Å². The Morgan fingerprint density at radius 3 is 2.40 bits per heavy atom. The Bertz CT molecular complexity index is 1040. The molecule has 2 amide bonds. The van der Waals surface area contributed by atoms with E-state index in [1.165, 1.54) is 25.3 Å². The van der Waals surface area contributed by atoms with Crippen molar-refractivity contribution in [3.05, 3.63) is 89.7 Å². The second-order valence-corrected chi connectivity index (χ2v) is 6.74. The van der Waals surface area contributed by atoms with Crippen molar-refractivity contribution in [2.75, 3.05) is 17.7 Å². The fraction of sp³-hybridized carbons (Fsp3) is 0.167. The average Bonchev–Trinajstić information content (AvgIpc) is 2.75. The summed E-state index contributed by atoms with van der Waals surface area (Å²) in [6.45, 7) is 1.95. The van der Waals surface area contributed by atoms with Gasteiger partial charge in [0.25, 0.3) is 5.91 Å². The summed E-state index contributed by atoms with van der Waals surface area (Å²) < 4.78 is 18.7. The molecular formula is C24H23FN2O3. The third kappa shape index (κ3) is 5.03. The molecule has 154 valence electrons. The van der Waals surface area contributed by atoms with Gasteiger partial charge in [-0.2, -0.15) is 0 Å². The van der Waals surface area contributed by atoms with E-state index in [-0.39, 0.29) is 17.4 Å². The molecule has 0 heterocycles. The van der Waals surface area contributed by atoms with E-state index in [2.05, 4.69) is 10.6 Å². The van der Waals surface area contributed by atoms with Gasteiger partial charge in [0.05, 0.1) is 18.7 Å². The van der Waals surface area contributed by atoms with E-state index in [0.29, 0.717) is 23.5 Å². The zero-order valence-corrected chi connectivity index (χ0v) is 16.8. The molecule has 0 spiro atoms. The molecule has 3 rings (SSSR count). The molecule has 0 saturated carbocycles. The molecule has 0 aliphatic rings. The quantitative estimate of drug-likeness (QED) is 0.565. The number of benzene rings is 3. The van der Waals surface area contributed by atoms with Crippen LogP contribution < -0.4 is 15.4 Å². The molecule has 0 bridgehead atoms. The molecule has 2 N–H and O–H groups in total. The second-order valence-electron chi connectivity index (χ2n) is 6.74. The summed E-state index contributed by atoms with van der Waals surface area (Å²) in [5.41, 5.74) is 2.01. The Labute approximate surface area is 174 Å². The van der Waals surface area contributed by atoms with E-state index in [4.69, 9.17) is 4.74 Å². The third-order valence-electron chi connectivity index (χ3n) is 4.73. The second kappa shape index (κ2) is 9.69. The normalized spacial score (nSPS) is 11.4. The van der Waals surface area contributed by atoms with Gasteiger partial charge in [-0.3, -0.25) is 9.59 Å². The fourth-order valence-corrected chi connectivity index (χ4v) is 3.19. The monoisotopic (exact) mass is 406 g/mol. The lowest BCUT2D eigenvalue weighted by Gasteiger charge is -2.17. The maximum atomic E-state index is 13.4. The minimum Gasteiger partial charge on any atom is -0.495 e. The number of nitrogens with one attached hydrogen (secondary N) is 2. The number of anilines is 2. The molecule has 30 heavy (non-hydrogen) atoms. The predicted octanol–water partition coefficient (Wildman–Crippen LogP) is 5.22. The molecule has 0 saturated heterocycles. The number of carbonyl (C=O) groups is 2. The molecule has 0 unspecified atom stereocenters. The maximum absolute atomic E-state index is 13.4. The van der Waals surface area contributed by atoms with Crippen LogP contribution >= 0.6 is 0 Å². The van der Waals surface area contributed by atoms with Crippen molar-refractivity contribution in [1.82, 2.24) is 0 Å². The minimum atomic E-state index is -0.498. The van der Waals surface area contributed by atoms with Gasteiger partial charge in [0.15, 0.2) is 0 Å². The zero-order valence-electron chi connectivity index (χ0n) is 16.8. The highest BCUT2D eigenvalue weighted by atomic mass is 19.1. The lowest BCUT2D eigenvalue weighted by atomic mass is 9.95. The Kier molecular flexibility index (Phi) is 6.80. The van der Waals surface area contributed by atoms with Crippen LogP contribution in [0, 0.1) is 5.82 Å². The number of ether oxygens (including phenoxy) is 1. The van der Waals surface area contributed by atoms with Gasteiger partial charge in [0.2, 0.25) is 5.91 Å². The van der Waals surface area contributed by atoms with Gasteiger partial charge in [-0.15, -0.1) is 0 Å². The summed E-state index contributed by atoms with van der Waals surface area (Å²) in [5.74, 6) is -0.989. The number of hydrogen-bond donors (Lipinski definition) is 2. The molecule has 5 nitrogen and oxygen atoms in total. The highest BCUT2D eigenvalue weighted by Crippen LogP contribution is 2.29. The van der Waals surface area contributed by atoms with Crippen LogP contribution in [0.3, 0.4) is 0 Å².